The molecule has 2 aromatic heterocycles. The summed E-state index contributed by atoms with van der Waals surface area (Å²) in [6.07, 6.45) is 0.868. The van der Waals surface area contributed by atoms with Crippen LogP contribution in [0.25, 0.3) is 22.3 Å². The fourth-order valence-corrected chi connectivity index (χ4v) is 4.88. The van der Waals surface area contributed by atoms with Gasteiger partial charge in [0.1, 0.15) is 24.6 Å². The van der Waals surface area contributed by atoms with Crippen LogP contribution in [0.2, 0.25) is 0 Å². The van der Waals surface area contributed by atoms with E-state index in [0.29, 0.717) is 17.0 Å². The molecule has 0 bridgehead atoms. The lowest BCUT2D eigenvalue weighted by molar-refractivity contribution is -0.0583. The minimum Gasteiger partial charge on any atom is -0.394 e. The van der Waals surface area contributed by atoms with Gasteiger partial charge in [0.05, 0.1) is 12.9 Å². The van der Waals surface area contributed by atoms with E-state index in [1.807, 2.05) is 12.1 Å². The van der Waals surface area contributed by atoms with Gasteiger partial charge in [-0.25, -0.2) is 15.0 Å². The summed E-state index contributed by atoms with van der Waals surface area (Å²) in [6.45, 7) is -0.312. The van der Waals surface area contributed by atoms with Gasteiger partial charge in [0.15, 0.2) is 23.2 Å². The van der Waals surface area contributed by atoms with Crippen LogP contribution < -0.4 is 5.32 Å². The summed E-state index contributed by atoms with van der Waals surface area (Å²) >= 11 is 0. The molecule has 1 saturated heterocycles. The van der Waals surface area contributed by atoms with Crippen LogP contribution in [-0.4, -0.2) is 61.8 Å². The SMILES string of the molecule is CO[C@@H]1[C@H](O)[C@@H](CO)O[C@H]1n1cnc2c(Nc3cccc4c3Cc3ccccc3-4)ncnc21. The summed E-state index contributed by atoms with van der Waals surface area (Å²) in [7, 11) is 1.50. The van der Waals surface area contributed by atoms with E-state index in [0.717, 1.165) is 12.1 Å². The van der Waals surface area contributed by atoms with E-state index in [-0.39, 0.29) is 6.61 Å². The predicted octanol–water partition coefficient (Wildman–Crippen LogP) is 2.41. The Kier molecular flexibility index (Phi) is 4.84. The summed E-state index contributed by atoms with van der Waals surface area (Å²) in [5.74, 6) is 0.578. The Hall–Kier alpha value is -3.37. The molecular weight excluding hydrogens is 422 g/mol. The minimum absolute atomic E-state index is 0.312. The van der Waals surface area contributed by atoms with Crippen LogP contribution in [-0.2, 0) is 15.9 Å². The first-order chi connectivity index (χ1) is 16.2. The van der Waals surface area contributed by atoms with Crippen molar-refractivity contribution in [3.05, 3.63) is 66.2 Å². The van der Waals surface area contributed by atoms with Gasteiger partial charge in [0, 0.05) is 19.2 Å². The molecule has 0 unspecified atom stereocenters. The number of methoxy groups -OCH3 is 1. The fraction of sp³-hybridized carbons (Fsp3) is 0.292. The van der Waals surface area contributed by atoms with Gasteiger partial charge in [-0.1, -0.05) is 36.4 Å². The summed E-state index contributed by atoms with van der Waals surface area (Å²) in [5.41, 5.74) is 7.09. The van der Waals surface area contributed by atoms with Crippen LogP contribution >= 0.6 is 0 Å². The number of nitrogens with one attached hydrogen (secondary N) is 1. The molecule has 2 aliphatic rings. The van der Waals surface area contributed by atoms with Crippen molar-refractivity contribution in [1.82, 2.24) is 19.5 Å². The van der Waals surface area contributed by atoms with Gasteiger partial charge >= 0.3 is 0 Å². The van der Waals surface area contributed by atoms with Crippen LogP contribution in [0.3, 0.4) is 0 Å². The van der Waals surface area contributed by atoms with Gasteiger partial charge in [-0.2, -0.15) is 0 Å². The first kappa shape index (κ1) is 20.3. The molecular formula is C24H23N5O4. The van der Waals surface area contributed by atoms with Crippen LogP contribution in [0.5, 0.6) is 0 Å². The largest absolute Gasteiger partial charge is 0.394 e. The molecule has 2 aromatic carbocycles. The van der Waals surface area contributed by atoms with Gasteiger partial charge in [0.25, 0.3) is 0 Å². The quantitative estimate of drug-likeness (QED) is 0.378. The van der Waals surface area contributed by atoms with E-state index in [4.69, 9.17) is 9.47 Å². The molecule has 0 radical (unpaired) electrons. The van der Waals surface area contributed by atoms with Crippen molar-refractivity contribution in [3.8, 4) is 11.1 Å². The zero-order valence-corrected chi connectivity index (χ0v) is 17.9. The van der Waals surface area contributed by atoms with Crippen molar-refractivity contribution >= 4 is 22.7 Å². The number of aliphatic hydroxyl groups excluding tert-OH is 2. The number of imidazole rings is 1. The van der Waals surface area contributed by atoms with E-state index in [9.17, 15) is 10.2 Å². The van der Waals surface area contributed by atoms with Gasteiger partial charge in [-0.05, 0) is 28.3 Å². The third-order valence-corrected chi connectivity index (χ3v) is 6.50. The number of fused-ring (bicyclic) bond motifs is 4. The number of aromatic nitrogens is 4. The van der Waals surface area contributed by atoms with Crippen molar-refractivity contribution in [2.45, 2.75) is 31.0 Å². The number of nitrogens with zero attached hydrogens (tertiary/aromatic N) is 4. The maximum atomic E-state index is 10.4. The van der Waals surface area contributed by atoms with Crippen LogP contribution in [0, 0.1) is 0 Å². The molecule has 0 spiro atoms. The van der Waals surface area contributed by atoms with E-state index >= 15 is 0 Å². The third-order valence-electron chi connectivity index (χ3n) is 6.50. The summed E-state index contributed by atoms with van der Waals surface area (Å²) in [6, 6.07) is 14.6. The summed E-state index contributed by atoms with van der Waals surface area (Å²) in [4.78, 5) is 13.4. The normalized spacial score (nSPS) is 23.6. The lowest BCUT2D eigenvalue weighted by atomic mass is 10.1. The molecule has 3 heterocycles. The second-order valence-electron chi connectivity index (χ2n) is 8.28. The molecule has 168 valence electrons. The molecule has 9 nitrogen and oxygen atoms in total. The number of hydrogen-bond donors (Lipinski definition) is 3. The Labute approximate surface area is 189 Å². The second kappa shape index (κ2) is 7.89. The average Bonchev–Trinajstić information content (AvgIpc) is 3.52. The lowest BCUT2D eigenvalue weighted by Crippen LogP contribution is -2.34. The zero-order chi connectivity index (χ0) is 22.5. The Morgan fingerprint density at radius 2 is 1.97 bits per heavy atom. The molecule has 6 rings (SSSR count). The van der Waals surface area contributed by atoms with E-state index < -0.39 is 24.5 Å². The minimum atomic E-state index is -0.963. The van der Waals surface area contributed by atoms with Gasteiger partial charge in [-0.3, -0.25) is 4.57 Å². The lowest BCUT2D eigenvalue weighted by Gasteiger charge is -2.20. The van der Waals surface area contributed by atoms with Crippen molar-refractivity contribution in [3.63, 3.8) is 0 Å². The number of ether oxygens (including phenoxy) is 2. The maximum Gasteiger partial charge on any atom is 0.167 e. The highest BCUT2D eigenvalue weighted by molar-refractivity contribution is 5.88. The molecule has 1 fully saturated rings. The average molecular weight is 445 g/mol. The Morgan fingerprint density at radius 3 is 2.82 bits per heavy atom. The number of hydrogen-bond acceptors (Lipinski definition) is 8. The summed E-state index contributed by atoms with van der Waals surface area (Å²) < 4.78 is 13.0. The topological polar surface area (TPSA) is 115 Å². The Bertz CT molecular complexity index is 1340. The molecule has 1 aliphatic carbocycles. The molecule has 3 N–H and O–H groups in total. The third kappa shape index (κ3) is 3.12. The molecule has 0 amide bonds. The Morgan fingerprint density at radius 1 is 1.12 bits per heavy atom. The smallest absolute Gasteiger partial charge is 0.167 e. The van der Waals surface area contributed by atoms with Gasteiger partial charge in [-0.15, -0.1) is 0 Å². The number of aliphatic hydroxyl groups is 2. The van der Waals surface area contributed by atoms with Crippen LogP contribution in [0.1, 0.15) is 17.4 Å². The monoisotopic (exact) mass is 445 g/mol. The molecule has 4 atom stereocenters. The Balaban J connectivity index is 1.37. The molecule has 33 heavy (non-hydrogen) atoms. The van der Waals surface area contributed by atoms with Crippen LogP contribution in [0.15, 0.2) is 55.1 Å². The highest BCUT2D eigenvalue weighted by atomic mass is 16.6. The van der Waals surface area contributed by atoms with E-state index in [2.05, 4.69) is 50.6 Å². The van der Waals surface area contributed by atoms with Gasteiger partial charge in [0.2, 0.25) is 0 Å². The van der Waals surface area contributed by atoms with E-state index in [1.165, 1.54) is 35.7 Å². The highest BCUT2D eigenvalue weighted by Gasteiger charge is 2.45. The standard InChI is InChI=1S/C24H23N5O4/c1-32-21-20(31)18(10-30)33-24(21)29-12-27-19-22(25-11-26-23(19)29)28-17-8-4-7-15-14-6-3-2-5-13(14)9-16(15)17/h2-8,11-12,18,20-21,24,30-31H,9-10H2,1H3,(H,25,26,28)/t18-,20-,21-,24-/m1/s1. The predicted molar refractivity (Wildman–Crippen MR) is 121 cm³/mol. The molecule has 4 aromatic rings. The van der Waals surface area contributed by atoms with E-state index in [1.54, 1.807) is 10.9 Å². The second-order valence-corrected chi connectivity index (χ2v) is 8.28. The van der Waals surface area contributed by atoms with Crippen molar-refractivity contribution in [2.24, 2.45) is 0 Å². The maximum absolute atomic E-state index is 10.4. The van der Waals surface area contributed by atoms with Crippen molar-refractivity contribution < 1.29 is 19.7 Å². The number of benzene rings is 2. The van der Waals surface area contributed by atoms with Crippen LogP contribution in [0.4, 0.5) is 11.5 Å². The molecule has 1 aliphatic heterocycles. The fourth-order valence-electron chi connectivity index (χ4n) is 4.88. The summed E-state index contributed by atoms with van der Waals surface area (Å²) in [5, 5.41) is 23.4. The highest BCUT2D eigenvalue weighted by Crippen LogP contribution is 2.41. The van der Waals surface area contributed by atoms with Gasteiger partial charge < -0.3 is 25.0 Å². The number of anilines is 2. The zero-order valence-electron chi connectivity index (χ0n) is 17.9. The number of rotatable bonds is 5. The first-order valence-corrected chi connectivity index (χ1v) is 10.8. The molecule has 0 saturated carbocycles. The van der Waals surface area contributed by atoms with Crippen molar-refractivity contribution in [1.29, 1.82) is 0 Å². The first-order valence-electron chi connectivity index (χ1n) is 10.8. The van der Waals surface area contributed by atoms with Crippen molar-refractivity contribution in [2.75, 3.05) is 19.0 Å². The molecule has 9 heteroatoms.